The summed E-state index contributed by atoms with van der Waals surface area (Å²) in [6.45, 7) is 3.51. The maximum atomic E-state index is 5.81. The van der Waals surface area contributed by atoms with Gasteiger partial charge in [-0.3, -0.25) is 0 Å². The zero-order chi connectivity index (χ0) is 11.5. The molecule has 1 aliphatic rings. The van der Waals surface area contributed by atoms with E-state index in [9.17, 15) is 0 Å². The number of ether oxygens (including phenoxy) is 1. The van der Waals surface area contributed by atoms with Crippen molar-refractivity contribution in [2.24, 2.45) is 5.73 Å². The molecule has 0 amide bonds. The van der Waals surface area contributed by atoms with E-state index in [1.54, 1.807) is 7.11 Å². The largest absolute Gasteiger partial charge is 0.381 e. The minimum atomic E-state index is 0.325. The van der Waals surface area contributed by atoms with Crippen molar-refractivity contribution >= 4 is 16.7 Å². The maximum absolute atomic E-state index is 5.81. The zero-order valence-electron chi connectivity index (χ0n) is 9.72. The average molecular weight is 242 g/mol. The molecule has 5 nitrogen and oxygen atoms in total. The summed E-state index contributed by atoms with van der Waals surface area (Å²) in [7, 11) is 1.77. The molecule has 1 aromatic rings. The quantitative estimate of drug-likeness (QED) is 0.849. The van der Waals surface area contributed by atoms with E-state index in [-0.39, 0.29) is 0 Å². The molecule has 0 spiro atoms. The van der Waals surface area contributed by atoms with Gasteiger partial charge in [0.25, 0.3) is 0 Å². The second kappa shape index (κ2) is 5.07. The number of hydrogen-bond donors (Lipinski definition) is 1. The lowest BCUT2D eigenvalue weighted by Crippen LogP contribution is -2.48. The summed E-state index contributed by atoms with van der Waals surface area (Å²) in [6, 6.07) is 0.325. The monoisotopic (exact) mass is 242 g/mol. The van der Waals surface area contributed by atoms with Gasteiger partial charge >= 0.3 is 0 Å². The lowest BCUT2D eigenvalue weighted by molar-refractivity contribution is 0.0709. The fourth-order valence-corrected chi connectivity index (χ4v) is 2.88. The normalized spacial score (nSPS) is 26.1. The molecule has 0 aromatic carbocycles. The third-order valence-electron chi connectivity index (χ3n) is 3.04. The van der Waals surface area contributed by atoms with Crippen LogP contribution in [0.15, 0.2) is 0 Å². The predicted octanol–water partition coefficient (Wildman–Crippen LogP) is 0.789. The first kappa shape index (κ1) is 11.8. The van der Waals surface area contributed by atoms with E-state index >= 15 is 0 Å². The third kappa shape index (κ3) is 2.34. The highest BCUT2D eigenvalue weighted by molar-refractivity contribution is 7.09. The van der Waals surface area contributed by atoms with Crippen LogP contribution in [0, 0.1) is 6.92 Å². The minimum absolute atomic E-state index is 0.325. The van der Waals surface area contributed by atoms with E-state index in [0.29, 0.717) is 18.7 Å². The summed E-state index contributed by atoms with van der Waals surface area (Å²) < 4.78 is 9.61. The van der Waals surface area contributed by atoms with Gasteiger partial charge in [-0.05, 0) is 19.8 Å². The molecule has 6 heteroatoms. The molecule has 2 atom stereocenters. The van der Waals surface area contributed by atoms with Gasteiger partial charge in [0.1, 0.15) is 5.82 Å². The van der Waals surface area contributed by atoms with Crippen LogP contribution in [0.5, 0.6) is 0 Å². The van der Waals surface area contributed by atoms with Crippen LogP contribution in [-0.2, 0) is 4.74 Å². The Morgan fingerprint density at radius 2 is 2.44 bits per heavy atom. The van der Waals surface area contributed by atoms with E-state index in [0.717, 1.165) is 30.3 Å². The van der Waals surface area contributed by atoms with Gasteiger partial charge in [0.05, 0.1) is 6.10 Å². The second-order valence-corrected chi connectivity index (χ2v) is 4.82. The molecule has 2 heterocycles. The number of nitrogens with zero attached hydrogens (tertiary/aromatic N) is 3. The fraction of sp³-hybridized carbons (Fsp3) is 0.800. The smallest absolute Gasteiger partial charge is 0.205 e. The highest BCUT2D eigenvalue weighted by Crippen LogP contribution is 2.26. The van der Waals surface area contributed by atoms with Crippen molar-refractivity contribution in [2.45, 2.75) is 31.9 Å². The van der Waals surface area contributed by atoms with Crippen molar-refractivity contribution in [3.63, 3.8) is 0 Å². The van der Waals surface area contributed by atoms with E-state index < -0.39 is 0 Å². The van der Waals surface area contributed by atoms with Crippen molar-refractivity contribution < 1.29 is 4.74 Å². The van der Waals surface area contributed by atoms with Crippen LogP contribution in [0.1, 0.15) is 18.7 Å². The van der Waals surface area contributed by atoms with Crippen molar-refractivity contribution in [2.75, 3.05) is 25.1 Å². The van der Waals surface area contributed by atoms with Crippen LogP contribution in [0.25, 0.3) is 0 Å². The number of aromatic nitrogens is 2. The standard InChI is InChI=1S/C10H18N4OS/c1-7-12-10(16-13-7)14-4-3-9(15-2)5-8(14)6-11/h8-9H,3-6,11H2,1-2H3. The number of anilines is 1. The first-order chi connectivity index (χ1) is 7.74. The summed E-state index contributed by atoms with van der Waals surface area (Å²) in [5.74, 6) is 0.838. The molecule has 1 fully saturated rings. The Morgan fingerprint density at radius 1 is 1.62 bits per heavy atom. The lowest BCUT2D eigenvalue weighted by atomic mass is 10.00. The molecule has 1 aromatic heterocycles. The Balaban J connectivity index is 2.09. The van der Waals surface area contributed by atoms with E-state index in [4.69, 9.17) is 10.5 Å². The number of nitrogens with two attached hydrogens (primary N) is 1. The molecule has 2 rings (SSSR count). The van der Waals surface area contributed by atoms with Crippen LogP contribution in [-0.4, -0.2) is 41.7 Å². The van der Waals surface area contributed by atoms with Crippen LogP contribution in [0.2, 0.25) is 0 Å². The van der Waals surface area contributed by atoms with Gasteiger partial charge in [0.2, 0.25) is 5.13 Å². The van der Waals surface area contributed by atoms with Crippen LogP contribution in [0.4, 0.5) is 5.13 Å². The fourth-order valence-electron chi connectivity index (χ4n) is 2.11. The summed E-state index contributed by atoms with van der Waals surface area (Å²) >= 11 is 1.45. The van der Waals surface area contributed by atoms with Crippen molar-refractivity contribution in [3.8, 4) is 0 Å². The van der Waals surface area contributed by atoms with Crippen LogP contribution < -0.4 is 10.6 Å². The highest BCUT2D eigenvalue weighted by Gasteiger charge is 2.29. The van der Waals surface area contributed by atoms with Crippen molar-refractivity contribution in [1.82, 2.24) is 9.36 Å². The van der Waals surface area contributed by atoms with E-state index in [1.165, 1.54) is 11.5 Å². The van der Waals surface area contributed by atoms with Gasteiger partial charge in [0, 0.05) is 37.8 Å². The first-order valence-electron chi connectivity index (χ1n) is 5.54. The molecule has 16 heavy (non-hydrogen) atoms. The molecule has 0 bridgehead atoms. The minimum Gasteiger partial charge on any atom is -0.381 e. The second-order valence-electron chi connectivity index (χ2n) is 4.09. The zero-order valence-corrected chi connectivity index (χ0v) is 10.5. The number of methoxy groups -OCH3 is 1. The Kier molecular flexibility index (Phi) is 3.73. The van der Waals surface area contributed by atoms with E-state index in [2.05, 4.69) is 14.3 Å². The molecule has 90 valence electrons. The summed E-state index contributed by atoms with van der Waals surface area (Å²) in [4.78, 5) is 6.68. The van der Waals surface area contributed by atoms with Crippen molar-refractivity contribution in [3.05, 3.63) is 5.82 Å². The Morgan fingerprint density at radius 3 is 3.00 bits per heavy atom. The third-order valence-corrected chi connectivity index (χ3v) is 3.88. The van der Waals surface area contributed by atoms with Gasteiger partial charge in [-0.25, -0.2) is 4.98 Å². The molecule has 0 aliphatic carbocycles. The maximum Gasteiger partial charge on any atom is 0.205 e. The highest BCUT2D eigenvalue weighted by atomic mass is 32.1. The molecule has 0 saturated carbocycles. The molecule has 0 radical (unpaired) electrons. The summed E-state index contributed by atoms with van der Waals surface area (Å²) in [6.07, 6.45) is 2.34. The molecular weight excluding hydrogens is 224 g/mol. The SMILES string of the molecule is COC1CCN(c2nc(C)ns2)C(CN)C1. The lowest BCUT2D eigenvalue weighted by Gasteiger charge is -2.38. The van der Waals surface area contributed by atoms with Gasteiger partial charge in [-0.15, -0.1) is 0 Å². The Labute approximate surface area is 99.8 Å². The first-order valence-corrected chi connectivity index (χ1v) is 6.31. The number of hydrogen-bond acceptors (Lipinski definition) is 6. The molecular formula is C10H18N4OS. The molecule has 2 unspecified atom stereocenters. The van der Waals surface area contributed by atoms with E-state index in [1.807, 2.05) is 6.92 Å². The van der Waals surface area contributed by atoms with Crippen LogP contribution >= 0.6 is 11.5 Å². The van der Waals surface area contributed by atoms with Crippen molar-refractivity contribution in [1.29, 1.82) is 0 Å². The summed E-state index contributed by atoms with van der Waals surface area (Å²) in [5, 5.41) is 0.988. The summed E-state index contributed by atoms with van der Waals surface area (Å²) in [5.41, 5.74) is 5.81. The predicted molar refractivity (Wildman–Crippen MR) is 64.9 cm³/mol. The van der Waals surface area contributed by atoms with Gasteiger partial charge in [-0.1, -0.05) is 0 Å². The van der Waals surface area contributed by atoms with Gasteiger partial charge in [0.15, 0.2) is 0 Å². The Hall–Kier alpha value is -0.720. The molecule has 1 saturated heterocycles. The Bertz CT molecular complexity index is 343. The number of piperidine rings is 1. The topological polar surface area (TPSA) is 64.3 Å². The average Bonchev–Trinajstić information content (AvgIpc) is 2.74. The number of rotatable bonds is 3. The van der Waals surface area contributed by atoms with Gasteiger partial charge < -0.3 is 15.4 Å². The van der Waals surface area contributed by atoms with Gasteiger partial charge in [-0.2, -0.15) is 4.37 Å². The number of aryl methyl sites for hydroxylation is 1. The molecule has 2 N–H and O–H groups in total. The van der Waals surface area contributed by atoms with Crippen LogP contribution in [0.3, 0.4) is 0 Å². The molecule has 1 aliphatic heterocycles.